The van der Waals surface area contributed by atoms with Gasteiger partial charge >= 0.3 is 0 Å². The van der Waals surface area contributed by atoms with Crippen LogP contribution in [0.2, 0.25) is 0 Å². The van der Waals surface area contributed by atoms with E-state index in [1.54, 1.807) is 10.8 Å². The minimum Gasteiger partial charge on any atom is -0.352 e. The summed E-state index contributed by atoms with van der Waals surface area (Å²) < 4.78 is 1.68. The van der Waals surface area contributed by atoms with Gasteiger partial charge in [-0.2, -0.15) is 4.52 Å². The van der Waals surface area contributed by atoms with Gasteiger partial charge in [-0.3, -0.25) is 4.79 Å². The number of piperazine rings is 1. The van der Waals surface area contributed by atoms with E-state index in [0.717, 1.165) is 56.9 Å². The average molecular weight is 329 g/mol. The van der Waals surface area contributed by atoms with E-state index in [2.05, 4.69) is 20.2 Å². The van der Waals surface area contributed by atoms with Crippen molar-refractivity contribution in [3.63, 3.8) is 0 Å². The molecule has 2 aliphatic rings. The summed E-state index contributed by atoms with van der Waals surface area (Å²) in [7, 11) is 0. The van der Waals surface area contributed by atoms with Gasteiger partial charge in [0.25, 0.3) is 0 Å². The van der Waals surface area contributed by atoms with Crippen molar-refractivity contribution in [1.29, 1.82) is 0 Å². The standard InChI is InChI=1S/C16H23N7O/c17-10-12-2-1-3-13(12)16(24)22-8-6-21(7-9-22)15-5-4-14-19-18-11-23(14)20-15/h4-5,11-13H,1-3,6-10,17H2/t12-,13-/m1/s1. The predicted octanol–water partition coefficient (Wildman–Crippen LogP) is 0.148. The molecule has 2 fully saturated rings. The number of fused-ring (bicyclic) bond motifs is 1. The van der Waals surface area contributed by atoms with Crippen LogP contribution in [-0.2, 0) is 4.79 Å². The summed E-state index contributed by atoms with van der Waals surface area (Å²) in [5, 5.41) is 12.3. The molecule has 128 valence electrons. The quantitative estimate of drug-likeness (QED) is 0.861. The third-order valence-corrected chi connectivity index (χ3v) is 5.34. The first-order valence-electron chi connectivity index (χ1n) is 8.67. The number of amides is 1. The van der Waals surface area contributed by atoms with Crippen LogP contribution in [0, 0.1) is 11.8 Å². The Bertz CT molecular complexity index is 722. The molecular weight excluding hydrogens is 306 g/mol. The highest BCUT2D eigenvalue weighted by molar-refractivity contribution is 5.79. The molecule has 1 saturated heterocycles. The fourth-order valence-corrected chi connectivity index (χ4v) is 3.92. The molecular formula is C16H23N7O. The molecule has 1 saturated carbocycles. The van der Waals surface area contributed by atoms with Crippen LogP contribution in [0.3, 0.4) is 0 Å². The summed E-state index contributed by atoms with van der Waals surface area (Å²) in [6.45, 7) is 3.71. The van der Waals surface area contributed by atoms with Crippen molar-refractivity contribution in [2.45, 2.75) is 19.3 Å². The summed E-state index contributed by atoms with van der Waals surface area (Å²) in [4.78, 5) is 17.0. The Morgan fingerprint density at radius 1 is 1.21 bits per heavy atom. The van der Waals surface area contributed by atoms with Gasteiger partial charge in [0.15, 0.2) is 5.65 Å². The average Bonchev–Trinajstić information content (AvgIpc) is 3.29. The van der Waals surface area contributed by atoms with Gasteiger partial charge in [-0.15, -0.1) is 15.3 Å². The van der Waals surface area contributed by atoms with Crippen LogP contribution in [0.15, 0.2) is 18.5 Å². The smallest absolute Gasteiger partial charge is 0.226 e. The number of hydrogen-bond donors (Lipinski definition) is 1. The van der Waals surface area contributed by atoms with Crippen LogP contribution in [0.4, 0.5) is 5.82 Å². The van der Waals surface area contributed by atoms with E-state index in [1.165, 1.54) is 0 Å². The first-order valence-corrected chi connectivity index (χ1v) is 8.67. The highest BCUT2D eigenvalue weighted by Gasteiger charge is 2.35. The van der Waals surface area contributed by atoms with E-state index in [1.807, 2.05) is 17.0 Å². The summed E-state index contributed by atoms with van der Waals surface area (Å²) >= 11 is 0. The second-order valence-corrected chi connectivity index (χ2v) is 6.67. The van der Waals surface area contributed by atoms with Crippen molar-refractivity contribution in [3.8, 4) is 0 Å². The van der Waals surface area contributed by atoms with Gasteiger partial charge in [0.1, 0.15) is 12.1 Å². The van der Waals surface area contributed by atoms with Crippen LogP contribution < -0.4 is 10.6 Å². The molecule has 1 aliphatic heterocycles. The second kappa shape index (κ2) is 6.35. The molecule has 2 atom stereocenters. The number of anilines is 1. The number of nitrogens with two attached hydrogens (primary N) is 1. The third-order valence-electron chi connectivity index (χ3n) is 5.34. The lowest BCUT2D eigenvalue weighted by molar-refractivity contribution is -0.136. The Morgan fingerprint density at radius 2 is 2.04 bits per heavy atom. The monoisotopic (exact) mass is 329 g/mol. The van der Waals surface area contributed by atoms with Gasteiger partial charge < -0.3 is 15.5 Å². The van der Waals surface area contributed by atoms with Crippen molar-refractivity contribution >= 4 is 17.4 Å². The normalized spacial score (nSPS) is 24.7. The van der Waals surface area contributed by atoms with E-state index >= 15 is 0 Å². The summed E-state index contributed by atoms with van der Waals surface area (Å²) in [6, 6.07) is 3.88. The van der Waals surface area contributed by atoms with E-state index in [9.17, 15) is 4.79 Å². The van der Waals surface area contributed by atoms with Crippen LogP contribution in [0.1, 0.15) is 19.3 Å². The maximum absolute atomic E-state index is 12.8. The van der Waals surface area contributed by atoms with Crippen LogP contribution >= 0.6 is 0 Å². The zero-order chi connectivity index (χ0) is 16.5. The molecule has 1 amide bonds. The topological polar surface area (TPSA) is 92.7 Å². The maximum atomic E-state index is 12.8. The van der Waals surface area contributed by atoms with Crippen molar-refractivity contribution < 1.29 is 4.79 Å². The van der Waals surface area contributed by atoms with Gasteiger partial charge in [0.2, 0.25) is 5.91 Å². The van der Waals surface area contributed by atoms with Gasteiger partial charge in [0.05, 0.1) is 0 Å². The lowest BCUT2D eigenvalue weighted by Crippen LogP contribution is -2.51. The number of hydrogen-bond acceptors (Lipinski definition) is 6. The molecule has 0 spiro atoms. The fourth-order valence-electron chi connectivity index (χ4n) is 3.92. The van der Waals surface area contributed by atoms with Crippen LogP contribution in [0.5, 0.6) is 0 Å². The lowest BCUT2D eigenvalue weighted by atomic mass is 9.94. The summed E-state index contributed by atoms with van der Waals surface area (Å²) in [5.41, 5.74) is 6.56. The molecule has 4 rings (SSSR count). The minimum atomic E-state index is 0.132. The Balaban J connectivity index is 1.40. The second-order valence-electron chi connectivity index (χ2n) is 6.67. The van der Waals surface area contributed by atoms with Crippen molar-refractivity contribution in [2.75, 3.05) is 37.6 Å². The van der Waals surface area contributed by atoms with Crippen LogP contribution in [-0.4, -0.2) is 63.3 Å². The van der Waals surface area contributed by atoms with Gasteiger partial charge in [-0.05, 0) is 37.4 Å². The molecule has 2 N–H and O–H groups in total. The lowest BCUT2D eigenvalue weighted by Gasteiger charge is -2.37. The zero-order valence-corrected chi connectivity index (χ0v) is 13.7. The molecule has 0 bridgehead atoms. The fraction of sp³-hybridized carbons (Fsp3) is 0.625. The molecule has 0 aromatic carbocycles. The molecule has 0 unspecified atom stereocenters. The van der Waals surface area contributed by atoms with Crippen molar-refractivity contribution in [2.24, 2.45) is 17.6 Å². The Hall–Kier alpha value is -2.22. The van der Waals surface area contributed by atoms with Crippen molar-refractivity contribution in [1.82, 2.24) is 24.7 Å². The molecule has 0 radical (unpaired) electrons. The van der Waals surface area contributed by atoms with Gasteiger partial charge in [-0.25, -0.2) is 0 Å². The first kappa shape index (κ1) is 15.3. The van der Waals surface area contributed by atoms with E-state index < -0.39 is 0 Å². The minimum absolute atomic E-state index is 0.132. The van der Waals surface area contributed by atoms with E-state index in [0.29, 0.717) is 18.4 Å². The highest BCUT2D eigenvalue weighted by Crippen LogP contribution is 2.32. The molecule has 8 heteroatoms. The Kier molecular flexibility index (Phi) is 4.05. The number of carbonyl (C=O) groups is 1. The molecule has 3 heterocycles. The third kappa shape index (κ3) is 2.71. The zero-order valence-electron chi connectivity index (χ0n) is 13.7. The number of nitrogens with zero attached hydrogens (tertiary/aromatic N) is 6. The van der Waals surface area contributed by atoms with E-state index in [-0.39, 0.29) is 5.92 Å². The Labute approximate surface area is 140 Å². The highest BCUT2D eigenvalue weighted by atomic mass is 16.2. The predicted molar refractivity (Wildman–Crippen MR) is 89.5 cm³/mol. The SMILES string of the molecule is NC[C@H]1CCC[C@H]1C(=O)N1CCN(c2ccc3nncn3n2)CC1. The molecule has 8 nitrogen and oxygen atoms in total. The Morgan fingerprint density at radius 3 is 2.83 bits per heavy atom. The number of carbonyl (C=O) groups excluding carboxylic acids is 1. The summed E-state index contributed by atoms with van der Waals surface area (Å²) in [5.74, 6) is 1.70. The largest absolute Gasteiger partial charge is 0.352 e. The van der Waals surface area contributed by atoms with E-state index in [4.69, 9.17) is 5.73 Å². The number of rotatable bonds is 3. The first-order chi connectivity index (χ1) is 11.8. The molecule has 24 heavy (non-hydrogen) atoms. The molecule has 2 aromatic rings. The number of aromatic nitrogens is 4. The molecule has 2 aromatic heterocycles. The van der Waals surface area contributed by atoms with Gasteiger partial charge in [0, 0.05) is 32.1 Å². The molecule has 1 aliphatic carbocycles. The summed E-state index contributed by atoms with van der Waals surface area (Å²) in [6.07, 6.45) is 4.81. The van der Waals surface area contributed by atoms with Gasteiger partial charge in [-0.1, -0.05) is 6.42 Å². The van der Waals surface area contributed by atoms with Crippen molar-refractivity contribution in [3.05, 3.63) is 18.5 Å². The van der Waals surface area contributed by atoms with Crippen LogP contribution in [0.25, 0.3) is 5.65 Å². The maximum Gasteiger partial charge on any atom is 0.226 e.